The smallest absolute Gasteiger partial charge is 0.143 e. The van der Waals surface area contributed by atoms with Gasteiger partial charge < -0.3 is 10.1 Å². The molecule has 0 aromatic heterocycles. The van der Waals surface area contributed by atoms with Crippen LogP contribution < -0.4 is 10.1 Å². The van der Waals surface area contributed by atoms with Gasteiger partial charge in [0.25, 0.3) is 0 Å². The predicted molar refractivity (Wildman–Crippen MR) is 74.2 cm³/mol. The van der Waals surface area contributed by atoms with E-state index < -0.39 is 0 Å². The van der Waals surface area contributed by atoms with E-state index >= 15 is 0 Å². The van der Waals surface area contributed by atoms with Crippen LogP contribution in [0.3, 0.4) is 0 Å². The van der Waals surface area contributed by atoms with E-state index in [0.29, 0.717) is 12.1 Å². The molecule has 0 saturated carbocycles. The summed E-state index contributed by atoms with van der Waals surface area (Å²) in [6.07, 6.45) is -0.0531. The van der Waals surface area contributed by atoms with Crippen LogP contribution in [-0.4, -0.2) is 6.54 Å². The highest BCUT2D eigenvalue weighted by atomic mass is 16.5. The fraction of sp³-hybridized carbons (Fsp3) is 0.188. The molecule has 2 aromatic carbocycles. The highest BCUT2D eigenvalue weighted by Crippen LogP contribution is 2.36. The number of ether oxygens (including phenoxy) is 1. The Morgan fingerprint density at radius 2 is 2.11 bits per heavy atom. The van der Waals surface area contributed by atoms with Crippen molar-refractivity contribution < 1.29 is 4.74 Å². The molecule has 19 heavy (non-hydrogen) atoms. The molecule has 0 radical (unpaired) electrons. The molecule has 0 bridgehead atoms. The van der Waals surface area contributed by atoms with Crippen molar-refractivity contribution in [3.63, 3.8) is 0 Å². The van der Waals surface area contributed by atoms with Crippen molar-refractivity contribution >= 4 is 5.69 Å². The lowest BCUT2D eigenvalue weighted by molar-refractivity contribution is 0.210. The van der Waals surface area contributed by atoms with Crippen LogP contribution in [0.1, 0.15) is 22.8 Å². The molecule has 1 atom stereocenters. The van der Waals surface area contributed by atoms with E-state index in [-0.39, 0.29) is 6.10 Å². The Morgan fingerprint density at radius 1 is 1.26 bits per heavy atom. The fourth-order valence-electron chi connectivity index (χ4n) is 2.35. The minimum Gasteiger partial charge on any atom is -0.482 e. The molecule has 0 spiro atoms. The Balaban J connectivity index is 1.92. The van der Waals surface area contributed by atoms with Gasteiger partial charge in [0.1, 0.15) is 11.9 Å². The van der Waals surface area contributed by atoms with Gasteiger partial charge in [0.05, 0.1) is 23.9 Å². The number of nitrogens with zero attached hydrogens (tertiary/aromatic N) is 1. The maximum absolute atomic E-state index is 8.95. The normalized spacial score (nSPS) is 16.7. The highest BCUT2D eigenvalue weighted by molar-refractivity contribution is 5.63. The third kappa shape index (κ3) is 2.13. The van der Waals surface area contributed by atoms with Crippen LogP contribution in [0.4, 0.5) is 5.69 Å². The zero-order chi connectivity index (χ0) is 13.2. The third-order valence-electron chi connectivity index (χ3n) is 3.36. The second-order valence-electron chi connectivity index (χ2n) is 4.67. The zero-order valence-electron chi connectivity index (χ0n) is 10.7. The topological polar surface area (TPSA) is 45.0 Å². The first kappa shape index (κ1) is 11.6. The molecule has 1 aliphatic heterocycles. The molecule has 3 heteroatoms. The van der Waals surface area contributed by atoms with Crippen LogP contribution in [0.5, 0.6) is 5.75 Å². The van der Waals surface area contributed by atoms with Crippen LogP contribution in [0, 0.1) is 18.3 Å². The number of hydrogen-bond acceptors (Lipinski definition) is 3. The first-order chi connectivity index (χ1) is 9.28. The van der Waals surface area contributed by atoms with Crippen molar-refractivity contribution in [1.82, 2.24) is 0 Å². The third-order valence-corrected chi connectivity index (χ3v) is 3.36. The lowest BCUT2D eigenvalue weighted by atomic mass is 10.0. The van der Waals surface area contributed by atoms with Crippen LogP contribution >= 0.6 is 0 Å². The van der Waals surface area contributed by atoms with Gasteiger partial charge in [-0.15, -0.1) is 0 Å². The molecular formula is C16H14N2O. The van der Waals surface area contributed by atoms with Gasteiger partial charge >= 0.3 is 0 Å². The zero-order valence-corrected chi connectivity index (χ0v) is 10.7. The molecule has 0 fully saturated rings. The average Bonchev–Trinajstić information content (AvgIpc) is 2.47. The summed E-state index contributed by atoms with van der Waals surface area (Å²) in [5.41, 5.74) is 3.94. The van der Waals surface area contributed by atoms with Gasteiger partial charge in [0.15, 0.2) is 0 Å². The molecule has 1 aliphatic rings. The molecular weight excluding hydrogens is 236 g/mol. The molecule has 0 saturated heterocycles. The summed E-state index contributed by atoms with van der Waals surface area (Å²) in [6, 6.07) is 15.7. The number of rotatable bonds is 1. The lowest BCUT2D eigenvalue weighted by Crippen LogP contribution is -2.24. The van der Waals surface area contributed by atoms with Crippen molar-refractivity contribution in [2.45, 2.75) is 13.0 Å². The molecule has 0 aliphatic carbocycles. The monoisotopic (exact) mass is 250 g/mol. The molecule has 3 nitrogen and oxygen atoms in total. The van der Waals surface area contributed by atoms with E-state index in [1.165, 1.54) is 5.56 Å². The molecule has 2 aromatic rings. The molecule has 3 rings (SSSR count). The molecule has 94 valence electrons. The van der Waals surface area contributed by atoms with Crippen LogP contribution in [0.2, 0.25) is 0 Å². The molecule has 1 unspecified atom stereocenters. The summed E-state index contributed by atoms with van der Waals surface area (Å²) in [6.45, 7) is 2.78. The van der Waals surface area contributed by atoms with Crippen LogP contribution in [-0.2, 0) is 0 Å². The number of benzene rings is 2. The molecule has 1 N–H and O–H groups in total. The summed E-state index contributed by atoms with van der Waals surface area (Å²) < 4.78 is 6.03. The second kappa shape index (κ2) is 4.66. The lowest BCUT2D eigenvalue weighted by Gasteiger charge is -2.28. The van der Waals surface area contributed by atoms with Gasteiger partial charge in [0, 0.05) is 0 Å². The minimum atomic E-state index is -0.0531. The highest BCUT2D eigenvalue weighted by Gasteiger charge is 2.21. The predicted octanol–water partition coefficient (Wildman–Crippen LogP) is 3.41. The average molecular weight is 250 g/mol. The Kier molecular flexibility index (Phi) is 2.85. The number of hydrogen-bond donors (Lipinski definition) is 1. The van der Waals surface area contributed by atoms with Crippen molar-refractivity contribution in [2.24, 2.45) is 0 Å². The van der Waals surface area contributed by atoms with Crippen molar-refractivity contribution in [3.05, 3.63) is 59.2 Å². The number of aryl methyl sites for hydroxylation is 1. The Labute approximate surface area is 112 Å². The number of para-hydroxylation sites is 1. The summed E-state index contributed by atoms with van der Waals surface area (Å²) >= 11 is 0. The van der Waals surface area contributed by atoms with Crippen LogP contribution in [0.25, 0.3) is 0 Å². The first-order valence-electron chi connectivity index (χ1n) is 6.28. The second-order valence-corrected chi connectivity index (χ2v) is 4.67. The van der Waals surface area contributed by atoms with Gasteiger partial charge in [-0.05, 0) is 36.2 Å². The maximum Gasteiger partial charge on any atom is 0.143 e. The first-order valence-corrected chi connectivity index (χ1v) is 6.28. The number of anilines is 1. The van der Waals surface area contributed by atoms with E-state index in [1.54, 1.807) is 6.07 Å². The SMILES string of the molecule is Cc1cccc2c1NCC(c1cccc(C#N)c1)O2. The van der Waals surface area contributed by atoms with E-state index in [9.17, 15) is 0 Å². The van der Waals surface area contributed by atoms with Crippen molar-refractivity contribution in [3.8, 4) is 11.8 Å². The standard InChI is InChI=1S/C16H14N2O/c1-11-4-2-7-14-16(11)18-10-15(19-14)13-6-3-5-12(8-13)9-17/h2-8,15,18H,10H2,1H3. The van der Waals surface area contributed by atoms with Crippen molar-refractivity contribution in [1.29, 1.82) is 5.26 Å². The van der Waals surface area contributed by atoms with E-state index in [1.807, 2.05) is 30.3 Å². The summed E-state index contributed by atoms with van der Waals surface area (Å²) in [5.74, 6) is 0.874. The van der Waals surface area contributed by atoms with Gasteiger partial charge in [-0.3, -0.25) is 0 Å². The van der Waals surface area contributed by atoms with E-state index in [2.05, 4.69) is 24.4 Å². The maximum atomic E-state index is 8.95. The van der Waals surface area contributed by atoms with Crippen LogP contribution in [0.15, 0.2) is 42.5 Å². The Hall–Kier alpha value is -2.47. The summed E-state index contributed by atoms with van der Waals surface area (Å²) in [5, 5.41) is 12.4. The Morgan fingerprint density at radius 3 is 2.95 bits per heavy atom. The van der Waals surface area contributed by atoms with Crippen molar-refractivity contribution in [2.75, 3.05) is 11.9 Å². The van der Waals surface area contributed by atoms with E-state index in [0.717, 1.165) is 17.0 Å². The Bertz CT molecular complexity index is 658. The fourth-order valence-corrected chi connectivity index (χ4v) is 2.35. The summed E-state index contributed by atoms with van der Waals surface area (Å²) in [4.78, 5) is 0. The summed E-state index contributed by atoms with van der Waals surface area (Å²) in [7, 11) is 0. The quantitative estimate of drug-likeness (QED) is 0.843. The molecule has 1 heterocycles. The van der Waals surface area contributed by atoms with Gasteiger partial charge in [-0.1, -0.05) is 24.3 Å². The minimum absolute atomic E-state index is 0.0531. The number of fused-ring (bicyclic) bond motifs is 1. The van der Waals surface area contributed by atoms with Gasteiger partial charge in [-0.25, -0.2) is 0 Å². The number of nitrogens with one attached hydrogen (secondary N) is 1. The van der Waals surface area contributed by atoms with Gasteiger partial charge in [0.2, 0.25) is 0 Å². The molecule has 0 amide bonds. The largest absolute Gasteiger partial charge is 0.482 e. The van der Waals surface area contributed by atoms with Gasteiger partial charge in [-0.2, -0.15) is 5.26 Å². The van der Waals surface area contributed by atoms with E-state index in [4.69, 9.17) is 10.00 Å². The number of nitriles is 1.